The summed E-state index contributed by atoms with van der Waals surface area (Å²) in [4.78, 5) is 12.2. The lowest BCUT2D eigenvalue weighted by Gasteiger charge is -2.24. The van der Waals surface area contributed by atoms with E-state index < -0.39 is 5.60 Å². The van der Waals surface area contributed by atoms with Crippen molar-refractivity contribution in [3.63, 3.8) is 0 Å². The lowest BCUT2D eigenvalue weighted by Crippen LogP contribution is -2.44. The molecule has 24 heavy (non-hydrogen) atoms. The van der Waals surface area contributed by atoms with Crippen molar-refractivity contribution in [2.45, 2.75) is 38.8 Å². The Labute approximate surface area is 142 Å². The average Bonchev–Trinajstić information content (AvgIpc) is 2.99. The van der Waals surface area contributed by atoms with Gasteiger partial charge in [-0.25, -0.2) is 4.79 Å². The summed E-state index contributed by atoms with van der Waals surface area (Å²) in [6.07, 6.45) is 4.12. The number of nitrogens with zero attached hydrogens (tertiary/aromatic N) is 2. The van der Waals surface area contributed by atoms with Gasteiger partial charge in [0.05, 0.1) is 18.8 Å². The smallest absolute Gasteiger partial charge is 0.315 e. The van der Waals surface area contributed by atoms with Crippen LogP contribution in [0.3, 0.4) is 0 Å². The summed E-state index contributed by atoms with van der Waals surface area (Å²) >= 11 is 0. The lowest BCUT2D eigenvalue weighted by atomic mass is 10.00. The molecular weight excluding hydrogens is 304 g/mol. The van der Waals surface area contributed by atoms with Gasteiger partial charge in [0, 0.05) is 18.8 Å². The number of urea groups is 1. The fraction of sp³-hybridized carbons (Fsp3) is 0.444. The maximum Gasteiger partial charge on any atom is 0.315 e. The van der Waals surface area contributed by atoms with Crippen LogP contribution in [0.25, 0.3) is 0 Å². The molecule has 0 spiro atoms. The summed E-state index contributed by atoms with van der Waals surface area (Å²) in [6, 6.07) is 7.75. The van der Waals surface area contributed by atoms with Crippen LogP contribution in [0.4, 0.5) is 4.79 Å². The van der Waals surface area contributed by atoms with Crippen LogP contribution in [0.5, 0.6) is 0 Å². The zero-order chi connectivity index (χ0) is 17.7. The van der Waals surface area contributed by atoms with E-state index in [1.54, 1.807) is 31.0 Å². The monoisotopic (exact) mass is 330 g/mol. The summed E-state index contributed by atoms with van der Waals surface area (Å²) in [5.74, 6) is 0. The molecule has 0 aliphatic carbocycles. The average molecular weight is 330 g/mol. The Balaban J connectivity index is 1.93. The molecular formula is C18H26N4O2. The van der Waals surface area contributed by atoms with Gasteiger partial charge in [-0.15, -0.1) is 0 Å². The molecule has 0 aliphatic rings. The van der Waals surface area contributed by atoms with Crippen molar-refractivity contribution >= 4 is 6.03 Å². The number of benzene rings is 1. The minimum absolute atomic E-state index is 0.0612. The van der Waals surface area contributed by atoms with Gasteiger partial charge in [-0.3, -0.25) is 4.68 Å². The number of aliphatic hydroxyl groups is 1. The normalized spacial score (nSPS) is 14.7. The van der Waals surface area contributed by atoms with E-state index in [4.69, 9.17) is 0 Å². The number of nitrogens with one attached hydrogen (secondary N) is 2. The molecule has 2 atom stereocenters. The van der Waals surface area contributed by atoms with Crippen molar-refractivity contribution in [3.8, 4) is 0 Å². The quantitative estimate of drug-likeness (QED) is 0.761. The Morgan fingerprint density at radius 3 is 2.58 bits per heavy atom. The first-order valence-electron chi connectivity index (χ1n) is 8.14. The van der Waals surface area contributed by atoms with Gasteiger partial charge in [-0.05, 0) is 25.8 Å². The molecule has 3 N–H and O–H groups in total. The molecule has 2 unspecified atom stereocenters. The maximum absolute atomic E-state index is 12.2. The molecule has 2 aromatic rings. The van der Waals surface area contributed by atoms with Gasteiger partial charge in [0.2, 0.25) is 0 Å². The molecule has 0 fully saturated rings. The Morgan fingerprint density at radius 1 is 1.38 bits per heavy atom. The van der Waals surface area contributed by atoms with Crippen LogP contribution in [-0.2, 0) is 12.6 Å². The van der Waals surface area contributed by atoms with Gasteiger partial charge in [0.15, 0.2) is 0 Å². The lowest BCUT2D eigenvalue weighted by molar-refractivity contribution is 0.0592. The molecule has 0 aliphatic heterocycles. The van der Waals surface area contributed by atoms with Gasteiger partial charge in [-0.2, -0.15) is 5.10 Å². The number of hydrogen-bond donors (Lipinski definition) is 3. The Kier molecular flexibility index (Phi) is 5.62. The molecule has 0 saturated heterocycles. The van der Waals surface area contributed by atoms with Gasteiger partial charge in [0.25, 0.3) is 0 Å². The third-order valence-corrected chi connectivity index (χ3v) is 4.11. The van der Waals surface area contributed by atoms with Crippen molar-refractivity contribution in [1.82, 2.24) is 20.4 Å². The highest BCUT2D eigenvalue weighted by Crippen LogP contribution is 2.19. The first kappa shape index (κ1) is 18.0. The molecule has 0 bridgehead atoms. The van der Waals surface area contributed by atoms with E-state index in [0.717, 1.165) is 12.0 Å². The van der Waals surface area contributed by atoms with Crippen molar-refractivity contribution in [3.05, 3.63) is 53.3 Å². The van der Waals surface area contributed by atoms with Gasteiger partial charge < -0.3 is 15.7 Å². The third kappa shape index (κ3) is 4.58. The Hall–Kier alpha value is -2.34. The first-order chi connectivity index (χ1) is 11.3. The number of aromatic nitrogens is 2. The predicted molar refractivity (Wildman–Crippen MR) is 93.5 cm³/mol. The third-order valence-electron chi connectivity index (χ3n) is 4.11. The second-order valence-corrected chi connectivity index (χ2v) is 6.38. The minimum atomic E-state index is -1.17. The molecule has 2 amide bonds. The van der Waals surface area contributed by atoms with Crippen molar-refractivity contribution in [2.75, 3.05) is 6.54 Å². The summed E-state index contributed by atoms with van der Waals surface area (Å²) in [7, 11) is 1.78. The van der Waals surface area contributed by atoms with E-state index in [1.165, 1.54) is 5.56 Å². The maximum atomic E-state index is 12.2. The van der Waals surface area contributed by atoms with Crippen molar-refractivity contribution < 1.29 is 9.90 Å². The standard InChI is InChI=1S/C18H26N4O2/c1-5-16(14-8-6-13(2)7-9-14)21-17(23)19-12-18(3,24)15-10-20-22(4)11-15/h6-11,16,24H,5,12H2,1-4H3,(H2,19,21,23). The molecule has 1 aromatic carbocycles. The van der Waals surface area contributed by atoms with E-state index >= 15 is 0 Å². The second-order valence-electron chi connectivity index (χ2n) is 6.38. The van der Waals surface area contributed by atoms with E-state index in [2.05, 4.69) is 15.7 Å². The van der Waals surface area contributed by atoms with E-state index in [1.807, 2.05) is 38.1 Å². The summed E-state index contributed by atoms with van der Waals surface area (Å²) in [5.41, 5.74) is 1.75. The van der Waals surface area contributed by atoms with Crippen LogP contribution in [0.1, 0.15) is 43.0 Å². The number of amides is 2. The van der Waals surface area contributed by atoms with Crippen LogP contribution < -0.4 is 10.6 Å². The van der Waals surface area contributed by atoms with Gasteiger partial charge in [0.1, 0.15) is 5.60 Å². The van der Waals surface area contributed by atoms with Crippen molar-refractivity contribution in [1.29, 1.82) is 0 Å². The molecule has 1 aromatic heterocycles. The Bertz CT molecular complexity index is 677. The molecule has 0 saturated carbocycles. The second kappa shape index (κ2) is 7.49. The molecule has 2 rings (SSSR count). The largest absolute Gasteiger partial charge is 0.383 e. The van der Waals surface area contributed by atoms with Crippen LogP contribution in [0.15, 0.2) is 36.7 Å². The molecule has 6 heteroatoms. The Morgan fingerprint density at radius 2 is 2.04 bits per heavy atom. The van der Waals surface area contributed by atoms with E-state index in [9.17, 15) is 9.90 Å². The summed E-state index contributed by atoms with van der Waals surface area (Å²) < 4.78 is 1.62. The zero-order valence-electron chi connectivity index (χ0n) is 14.7. The van der Waals surface area contributed by atoms with Crippen LogP contribution >= 0.6 is 0 Å². The molecule has 6 nitrogen and oxygen atoms in total. The van der Waals surface area contributed by atoms with Crippen LogP contribution in [-0.4, -0.2) is 27.5 Å². The van der Waals surface area contributed by atoms with Gasteiger partial charge in [-0.1, -0.05) is 36.8 Å². The zero-order valence-corrected chi connectivity index (χ0v) is 14.7. The summed E-state index contributed by atoms with van der Waals surface area (Å²) in [5, 5.41) is 20.2. The highest BCUT2D eigenvalue weighted by atomic mass is 16.3. The topological polar surface area (TPSA) is 79.2 Å². The predicted octanol–water partition coefficient (Wildman–Crippen LogP) is 2.39. The number of carbonyl (C=O) groups excluding carboxylic acids is 1. The highest BCUT2D eigenvalue weighted by Gasteiger charge is 2.25. The van der Waals surface area contributed by atoms with Gasteiger partial charge >= 0.3 is 6.03 Å². The first-order valence-corrected chi connectivity index (χ1v) is 8.14. The van der Waals surface area contributed by atoms with Crippen LogP contribution in [0, 0.1) is 6.92 Å². The molecule has 0 radical (unpaired) electrons. The fourth-order valence-corrected chi connectivity index (χ4v) is 2.48. The summed E-state index contributed by atoms with van der Waals surface area (Å²) in [6.45, 7) is 5.82. The highest BCUT2D eigenvalue weighted by molar-refractivity contribution is 5.74. The molecule has 1 heterocycles. The SMILES string of the molecule is CCC(NC(=O)NCC(C)(O)c1cnn(C)c1)c1ccc(C)cc1. The minimum Gasteiger partial charge on any atom is -0.383 e. The number of hydrogen-bond acceptors (Lipinski definition) is 3. The number of carbonyl (C=O) groups is 1. The molecule has 130 valence electrons. The number of rotatable bonds is 6. The number of aryl methyl sites for hydroxylation is 2. The van der Waals surface area contributed by atoms with E-state index in [-0.39, 0.29) is 18.6 Å². The fourth-order valence-electron chi connectivity index (χ4n) is 2.48. The van der Waals surface area contributed by atoms with Crippen molar-refractivity contribution in [2.24, 2.45) is 7.05 Å². The van der Waals surface area contributed by atoms with E-state index in [0.29, 0.717) is 5.56 Å². The van der Waals surface area contributed by atoms with Crippen LogP contribution in [0.2, 0.25) is 0 Å².